The molecule has 0 saturated heterocycles. The van der Waals surface area contributed by atoms with Crippen LogP contribution in [0.1, 0.15) is 4.88 Å². The van der Waals surface area contributed by atoms with Crippen LogP contribution in [-0.4, -0.2) is 0 Å². The number of thiophene rings is 1. The van der Waals surface area contributed by atoms with Crippen molar-refractivity contribution < 1.29 is 0 Å². The standard InChI is InChI=1S/C17H12Cl3NS.ClH/c18-11-3-1-10(2-4-11)15-8-13(9-21)22-17(15)14-6-5-12(19)7-16(14)20;/h1-8H,9,21H2;1H. The van der Waals surface area contributed by atoms with Crippen molar-refractivity contribution in [3.8, 4) is 21.6 Å². The lowest BCUT2D eigenvalue weighted by Gasteiger charge is -2.07. The predicted octanol–water partition coefficient (Wildman–Crippen LogP) is 6.92. The summed E-state index contributed by atoms with van der Waals surface area (Å²) in [4.78, 5) is 2.19. The molecular formula is C17H13Cl4NS. The summed E-state index contributed by atoms with van der Waals surface area (Å²) in [5.74, 6) is 0. The molecule has 120 valence electrons. The van der Waals surface area contributed by atoms with Crippen LogP contribution in [0.25, 0.3) is 21.6 Å². The summed E-state index contributed by atoms with van der Waals surface area (Å²) in [7, 11) is 0. The first-order valence-electron chi connectivity index (χ1n) is 6.62. The van der Waals surface area contributed by atoms with Gasteiger partial charge in [-0.25, -0.2) is 0 Å². The van der Waals surface area contributed by atoms with Crippen molar-refractivity contribution in [1.29, 1.82) is 0 Å². The number of halogens is 4. The molecule has 3 aromatic rings. The van der Waals surface area contributed by atoms with Crippen molar-refractivity contribution in [2.24, 2.45) is 5.73 Å². The monoisotopic (exact) mass is 403 g/mol. The zero-order valence-electron chi connectivity index (χ0n) is 11.9. The Morgan fingerprint density at radius 2 is 1.48 bits per heavy atom. The smallest absolute Gasteiger partial charge is 0.0507 e. The maximum absolute atomic E-state index is 6.37. The predicted molar refractivity (Wildman–Crippen MR) is 105 cm³/mol. The molecule has 0 unspecified atom stereocenters. The Labute approximate surface area is 160 Å². The fourth-order valence-electron chi connectivity index (χ4n) is 2.26. The molecule has 2 aromatic carbocycles. The minimum atomic E-state index is 0. The molecule has 0 atom stereocenters. The van der Waals surface area contributed by atoms with Crippen LogP contribution in [0.4, 0.5) is 0 Å². The largest absolute Gasteiger partial charge is 0.326 e. The number of benzene rings is 2. The van der Waals surface area contributed by atoms with Crippen molar-refractivity contribution in [3.63, 3.8) is 0 Å². The van der Waals surface area contributed by atoms with Crippen molar-refractivity contribution in [3.05, 3.63) is 68.5 Å². The summed E-state index contributed by atoms with van der Waals surface area (Å²) in [5, 5.41) is 1.97. The third-order valence-corrected chi connectivity index (χ3v) is 5.31. The van der Waals surface area contributed by atoms with Gasteiger partial charge in [0, 0.05) is 37.5 Å². The van der Waals surface area contributed by atoms with E-state index in [0.717, 1.165) is 26.4 Å². The lowest BCUT2D eigenvalue weighted by atomic mass is 10.0. The maximum Gasteiger partial charge on any atom is 0.0507 e. The second-order valence-corrected chi connectivity index (χ2v) is 7.21. The van der Waals surface area contributed by atoms with Crippen molar-refractivity contribution in [2.45, 2.75) is 6.54 Å². The van der Waals surface area contributed by atoms with Crippen LogP contribution in [0.15, 0.2) is 48.5 Å². The molecule has 0 spiro atoms. The minimum Gasteiger partial charge on any atom is -0.326 e. The zero-order valence-corrected chi connectivity index (χ0v) is 15.8. The molecule has 0 aliphatic heterocycles. The maximum atomic E-state index is 6.37. The Kier molecular flexibility index (Phi) is 6.38. The summed E-state index contributed by atoms with van der Waals surface area (Å²) in [5.41, 5.74) is 8.96. The molecule has 0 bridgehead atoms. The highest BCUT2D eigenvalue weighted by Gasteiger charge is 2.15. The topological polar surface area (TPSA) is 26.0 Å². The van der Waals surface area contributed by atoms with E-state index in [2.05, 4.69) is 6.07 Å². The van der Waals surface area contributed by atoms with Crippen LogP contribution in [0, 0.1) is 0 Å². The van der Waals surface area contributed by atoms with Gasteiger partial charge in [-0.3, -0.25) is 0 Å². The molecule has 2 N–H and O–H groups in total. The van der Waals surface area contributed by atoms with E-state index in [1.54, 1.807) is 17.4 Å². The number of hydrogen-bond donors (Lipinski definition) is 1. The van der Waals surface area contributed by atoms with Gasteiger partial charge in [-0.2, -0.15) is 0 Å². The van der Waals surface area contributed by atoms with Gasteiger partial charge in [0.2, 0.25) is 0 Å². The molecule has 6 heteroatoms. The van der Waals surface area contributed by atoms with Crippen LogP contribution < -0.4 is 5.73 Å². The van der Waals surface area contributed by atoms with E-state index in [4.69, 9.17) is 40.5 Å². The number of rotatable bonds is 3. The van der Waals surface area contributed by atoms with Crippen LogP contribution in [0.5, 0.6) is 0 Å². The first kappa shape index (κ1) is 18.6. The Balaban J connectivity index is 0.00000192. The van der Waals surface area contributed by atoms with Crippen molar-refractivity contribution in [1.82, 2.24) is 0 Å². The highest BCUT2D eigenvalue weighted by atomic mass is 35.5. The Morgan fingerprint density at radius 1 is 0.826 bits per heavy atom. The van der Waals surface area contributed by atoms with Crippen LogP contribution in [0.2, 0.25) is 15.1 Å². The highest BCUT2D eigenvalue weighted by molar-refractivity contribution is 7.16. The second-order valence-electron chi connectivity index (χ2n) is 4.79. The average molecular weight is 405 g/mol. The molecule has 3 rings (SSSR count). The Bertz CT molecular complexity index is 812. The van der Waals surface area contributed by atoms with Gasteiger partial charge in [0.05, 0.1) is 5.02 Å². The van der Waals surface area contributed by atoms with Gasteiger partial charge in [-0.05, 0) is 35.9 Å². The van der Waals surface area contributed by atoms with Crippen molar-refractivity contribution >= 4 is 58.5 Å². The lowest BCUT2D eigenvalue weighted by molar-refractivity contribution is 1.11. The molecule has 0 aliphatic carbocycles. The molecule has 0 fully saturated rings. The normalized spacial score (nSPS) is 10.4. The number of nitrogens with two attached hydrogens (primary N) is 1. The average Bonchev–Trinajstić information content (AvgIpc) is 2.92. The van der Waals surface area contributed by atoms with E-state index in [1.807, 2.05) is 36.4 Å². The number of hydrogen-bond acceptors (Lipinski definition) is 2. The SMILES string of the molecule is Cl.NCc1cc(-c2ccc(Cl)cc2)c(-c2ccc(Cl)cc2Cl)s1. The van der Waals surface area contributed by atoms with E-state index in [-0.39, 0.29) is 12.4 Å². The molecule has 1 aromatic heterocycles. The quantitative estimate of drug-likeness (QED) is 0.503. The van der Waals surface area contributed by atoms with E-state index in [1.165, 1.54) is 0 Å². The van der Waals surface area contributed by atoms with Crippen LogP contribution in [0.3, 0.4) is 0 Å². The van der Waals surface area contributed by atoms with E-state index < -0.39 is 0 Å². The van der Waals surface area contributed by atoms with Crippen LogP contribution >= 0.6 is 58.5 Å². The van der Waals surface area contributed by atoms with Gasteiger partial charge in [0.25, 0.3) is 0 Å². The fraction of sp³-hybridized carbons (Fsp3) is 0.0588. The summed E-state index contributed by atoms with van der Waals surface area (Å²) in [6.07, 6.45) is 0. The molecule has 1 nitrogen and oxygen atoms in total. The molecule has 1 heterocycles. The third kappa shape index (κ3) is 4.03. The van der Waals surface area contributed by atoms with E-state index in [0.29, 0.717) is 21.6 Å². The first-order valence-corrected chi connectivity index (χ1v) is 8.57. The zero-order chi connectivity index (χ0) is 15.7. The molecular weight excluding hydrogens is 392 g/mol. The van der Waals surface area contributed by atoms with E-state index in [9.17, 15) is 0 Å². The first-order chi connectivity index (χ1) is 10.6. The lowest BCUT2D eigenvalue weighted by Crippen LogP contribution is -1.91. The summed E-state index contributed by atoms with van der Waals surface area (Å²) >= 11 is 20.0. The third-order valence-electron chi connectivity index (χ3n) is 3.32. The van der Waals surface area contributed by atoms with Gasteiger partial charge >= 0.3 is 0 Å². The van der Waals surface area contributed by atoms with Crippen molar-refractivity contribution in [2.75, 3.05) is 0 Å². The molecule has 0 radical (unpaired) electrons. The summed E-state index contributed by atoms with van der Waals surface area (Å²) in [6, 6.07) is 15.4. The summed E-state index contributed by atoms with van der Waals surface area (Å²) in [6.45, 7) is 0.496. The van der Waals surface area contributed by atoms with Gasteiger partial charge in [-0.1, -0.05) is 53.0 Å². The second kappa shape index (κ2) is 7.89. The fourth-order valence-corrected chi connectivity index (χ4v) is 4.04. The molecule has 0 saturated carbocycles. The molecule has 0 amide bonds. The van der Waals surface area contributed by atoms with Gasteiger partial charge < -0.3 is 5.73 Å². The highest BCUT2D eigenvalue weighted by Crippen LogP contribution is 2.42. The molecule has 23 heavy (non-hydrogen) atoms. The Morgan fingerprint density at radius 3 is 2.09 bits per heavy atom. The Hall–Kier alpha value is -0.740. The summed E-state index contributed by atoms with van der Waals surface area (Å²) < 4.78 is 0. The van der Waals surface area contributed by atoms with Gasteiger partial charge in [-0.15, -0.1) is 23.7 Å². The van der Waals surface area contributed by atoms with Gasteiger partial charge in [0.1, 0.15) is 0 Å². The molecule has 0 aliphatic rings. The van der Waals surface area contributed by atoms with Gasteiger partial charge in [0.15, 0.2) is 0 Å². The van der Waals surface area contributed by atoms with Crippen LogP contribution in [-0.2, 0) is 6.54 Å². The minimum absolute atomic E-state index is 0. The van der Waals surface area contributed by atoms with E-state index >= 15 is 0 Å².